The predicted octanol–water partition coefficient (Wildman–Crippen LogP) is 3.36. The maximum Gasteiger partial charge on any atom is 0.254 e. The number of hydrogen-bond acceptors (Lipinski definition) is 5. The standard InChI is InChI=1S/C24H21FN4O2/c25-19-5-6-20(21(13-19)22-7-10-27-16-28-22)23(30)29-11-8-24(31,9-12-29)14-17-3-1-2-4-18(17)15-26/h1-7,10,13,16,31H,8-9,11-12,14H2. The molecule has 0 saturated carbocycles. The third-order valence-corrected chi connectivity index (χ3v) is 5.71. The van der Waals surface area contributed by atoms with E-state index in [9.17, 15) is 19.6 Å². The Morgan fingerprint density at radius 2 is 1.97 bits per heavy atom. The molecule has 1 aromatic heterocycles. The van der Waals surface area contributed by atoms with Crippen LogP contribution in [0.2, 0.25) is 0 Å². The van der Waals surface area contributed by atoms with Crippen LogP contribution in [-0.4, -0.2) is 44.6 Å². The molecule has 1 saturated heterocycles. The summed E-state index contributed by atoms with van der Waals surface area (Å²) in [6.45, 7) is 0.731. The van der Waals surface area contributed by atoms with Crippen molar-refractivity contribution in [2.45, 2.75) is 24.9 Å². The quantitative estimate of drug-likeness (QED) is 0.704. The number of aromatic nitrogens is 2. The monoisotopic (exact) mass is 416 g/mol. The first-order valence-electron chi connectivity index (χ1n) is 10.0. The highest BCUT2D eigenvalue weighted by atomic mass is 19.1. The van der Waals surface area contributed by atoms with Gasteiger partial charge in [0.05, 0.1) is 22.9 Å². The molecule has 7 heteroatoms. The molecule has 156 valence electrons. The Balaban J connectivity index is 1.51. The minimum absolute atomic E-state index is 0.229. The zero-order valence-corrected chi connectivity index (χ0v) is 16.8. The summed E-state index contributed by atoms with van der Waals surface area (Å²) in [5.41, 5.74) is 1.62. The van der Waals surface area contributed by atoms with Gasteiger partial charge in [-0.05, 0) is 48.7 Å². The first kappa shape index (κ1) is 20.6. The number of benzene rings is 2. The van der Waals surface area contributed by atoms with E-state index in [4.69, 9.17) is 0 Å². The molecular weight excluding hydrogens is 395 g/mol. The average Bonchev–Trinajstić information content (AvgIpc) is 2.80. The van der Waals surface area contributed by atoms with Gasteiger partial charge >= 0.3 is 0 Å². The second-order valence-corrected chi connectivity index (χ2v) is 7.75. The van der Waals surface area contributed by atoms with Gasteiger partial charge in [0.2, 0.25) is 0 Å². The number of carbonyl (C=O) groups excluding carboxylic acids is 1. The number of aliphatic hydroxyl groups is 1. The van der Waals surface area contributed by atoms with Crippen molar-refractivity contribution in [2.24, 2.45) is 0 Å². The van der Waals surface area contributed by atoms with Crippen LogP contribution >= 0.6 is 0 Å². The van der Waals surface area contributed by atoms with Gasteiger partial charge in [0.25, 0.3) is 5.91 Å². The second kappa shape index (κ2) is 8.62. The van der Waals surface area contributed by atoms with Crippen LogP contribution in [0, 0.1) is 17.1 Å². The van der Waals surface area contributed by atoms with Crippen LogP contribution in [0.5, 0.6) is 0 Å². The fraction of sp³-hybridized carbons (Fsp3) is 0.250. The van der Waals surface area contributed by atoms with Gasteiger partial charge < -0.3 is 10.0 Å². The number of nitriles is 1. The molecule has 1 aliphatic rings. The van der Waals surface area contributed by atoms with E-state index in [2.05, 4.69) is 16.0 Å². The maximum atomic E-state index is 13.9. The lowest BCUT2D eigenvalue weighted by atomic mass is 9.84. The molecule has 1 fully saturated rings. The van der Waals surface area contributed by atoms with Gasteiger partial charge in [-0.2, -0.15) is 5.26 Å². The van der Waals surface area contributed by atoms with E-state index >= 15 is 0 Å². The first-order valence-corrected chi connectivity index (χ1v) is 10.0. The van der Waals surface area contributed by atoms with Crippen LogP contribution in [0.15, 0.2) is 61.1 Å². The van der Waals surface area contributed by atoms with Gasteiger partial charge in [-0.1, -0.05) is 18.2 Å². The van der Waals surface area contributed by atoms with Gasteiger partial charge in [-0.15, -0.1) is 0 Å². The van der Waals surface area contributed by atoms with Gasteiger partial charge in [0.15, 0.2) is 0 Å². The van der Waals surface area contributed by atoms with Crippen molar-refractivity contribution in [2.75, 3.05) is 13.1 Å². The van der Waals surface area contributed by atoms with Crippen LogP contribution in [0.3, 0.4) is 0 Å². The van der Waals surface area contributed by atoms with Crippen LogP contribution in [0.25, 0.3) is 11.3 Å². The summed E-state index contributed by atoms with van der Waals surface area (Å²) in [5.74, 6) is -0.678. The Morgan fingerprint density at radius 3 is 2.68 bits per heavy atom. The molecule has 3 aromatic rings. The first-order chi connectivity index (χ1) is 15.0. The Hall–Kier alpha value is -3.63. The van der Waals surface area contributed by atoms with Crippen molar-refractivity contribution in [3.05, 3.63) is 83.6 Å². The highest BCUT2D eigenvalue weighted by Crippen LogP contribution is 2.30. The minimum atomic E-state index is -0.984. The Morgan fingerprint density at radius 1 is 1.19 bits per heavy atom. The van der Waals surface area contributed by atoms with E-state index in [0.717, 1.165) is 5.56 Å². The molecule has 2 heterocycles. The summed E-state index contributed by atoms with van der Waals surface area (Å²) in [4.78, 5) is 22.9. The number of likely N-dealkylation sites (tertiary alicyclic amines) is 1. The lowest BCUT2D eigenvalue weighted by Crippen LogP contribution is -2.48. The maximum absolute atomic E-state index is 13.9. The lowest BCUT2D eigenvalue weighted by molar-refractivity contribution is -0.0162. The fourth-order valence-corrected chi connectivity index (χ4v) is 3.98. The largest absolute Gasteiger partial charge is 0.389 e. The number of nitrogens with zero attached hydrogens (tertiary/aromatic N) is 4. The van der Waals surface area contributed by atoms with Crippen molar-refractivity contribution < 1.29 is 14.3 Å². The summed E-state index contributed by atoms with van der Waals surface area (Å²) in [6.07, 6.45) is 4.04. The van der Waals surface area contributed by atoms with Crippen molar-refractivity contribution >= 4 is 5.91 Å². The zero-order valence-electron chi connectivity index (χ0n) is 16.8. The summed E-state index contributed by atoms with van der Waals surface area (Å²) in [7, 11) is 0. The van der Waals surface area contributed by atoms with Crippen molar-refractivity contribution in [3.8, 4) is 17.3 Å². The highest BCUT2D eigenvalue weighted by Gasteiger charge is 2.35. The molecule has 0 aliphatic carbocycles. The summed E-state index contributed by atoms with van der Waals surface area (Å²) >= 11 is 0. The van der Waals surface area contributed by atoms with Gasteiger partial charge in [-0.25, -0.2) is 14.4 Å². The normalized spacial score (nSPS) is 15.3. The van der Waals surface area contributed by atoms with E-state index in [1.54, 1.807) is 29.3 Å². The molecule has 0 radical (unpaired) electrons. The number of halogens is 1. The molecule has 0 atom stereocenters. The third kappa shape index (κ3) is 4.44. The SMILES string of the molecule is N#Cc1ccccc1CC1(O)CCN(C(=O)c2ccc(F)cc2-c2ccncn2)CC1. The number of carbonyl (C=O) groups is 1. The van der Waals surface area contributed by atoms with E-state index < -0.39 is 11.4 Å². The summed E-state index contributed by atoms with van der Waals surface area (Å²) < 4.78 is 13.9. The summed E-state index contributed by atoms with van der Waals surface area (Å²) in [5, 5.41) is 20.4. The molecule has 1 amide bonds. The molecule has 31 heavy (non-hydrogen) atoms. The van der Waals surface area contributed by atoms with Crippen molar-refractivity contribution in [1.29, 1.82) is 5.26 Å². The lowest BCUT2D eigenvalue weighted by Gasteiger charge is -2.38. The molecule has 2 aromatic carbocycles. The minimum Gasteiger partial charge on any atom is -0.389 e. The summed E-state index contributed by atoms with van der Waals surface area (Å²) in [6, 6.07) is 15.1. The molecule has 0 bridgehead atoms. The van der Waals surface area contributed by atoms with Gasteiger partial charge in [0.1, 0.15) is 12.1 Å². The molecule has 1 aliphatic heterocycles. The Labute approximate surface area is 179 Å². The van der Waals surface area contributed by atoms with Crippen LogP contribution < -0.4 is 0 Å². The topological polar surface area (TPSA) is 90.1 Å². The Bertz CT molecular complexity index is 1140. The van der Waals surface area contributed by atoms with Crippen molar-refractivity contribution in [1.82, 2.24) is 14.9 Å². The molecule has 6 nitrogen and oxygen atoms in total. The molecule has 0 spiro atoms. The van der Waals surface area contributed by atoms with E-state index in [1.807, 2.05) is 12.1 Å². The fourth-order valence-electron chi connectivity index (χ4n) is 3.98. The average molecular weight is 416 g/mol. The van der Waals surface area contributed by atoms with Crippen LogP contribution in [0.4, 0.5) is 4.39 Å². The predicted molar refractivity (Wildman–Crippen MR) is 112 cm³/mol. The molecule has 0 unspecified atom stereocenters. The van der Waals surface area contributed by atoms with E-state index in [-0.39, 0.29) is 5.91 Å². The number of amides is 1. The number of piperidine rings is 1. The highest BCUT2D eigenvalue weighted by molar-refractivity contribution is 6.00. The van der Waals surface area contributed by atoms with Crippen LogP contribution in [-0.2, 0) is 6.42 Å². The molecule has 4 rings (SSSR count). The number of hydrogen-bond donors (Lipinski definition) is 1. The third-order valence-electron chi connectivity index (χ3n) is 5.71. The smallest absolute Gasteiger partial charge is 0.254 e. The van der Waals surface area contributed by atoms with Crippen molar-refractivity contribution in [3.63, 3.8) is 0 Å². The van der Waals surface area contributed by atoms with E-state index in [1.165, 1.54) is 24.5 Å². The Kier molecular flexibility index (Phi) is 5.74. The molecular formula is C24H21FN4O2. The zero-order chi connectivity index (χ0) is 21.8. The second-order valence-electron chi connectivity index (χ2n) is 7.75. The molecule has 1 N–H and O–H groups in total. The van der Waals surface area contributed by atoms with E-state index in [0.29, 0.717) is 54.7 Å². The van der Waals surface area contributed by atoms with Crippen LogP contribution in [0.1, 0.15) is 34.3 Å². The number of rotatable bonds is 4. The van der Waals surface area contributed by atoms with Gasteiger partial charge in [0, 0.05) is 36.8 Å². The van der Waals surface area contributed by atoms with Gasteiger partial charge in [-0.3, -0.25) is 4.79 Å².